The zero-order valence-corrected chi connectivity index (χ0v) is 11.1. The maximum atomic E-state index is 11.3. The van der Waals surface area contributed by atoms with Crippen LogP contribution in [-0.4, -0.2) is 20.1 Å². The highest BCUT2D eigenvalue weighted by Crippen LogP contribution is 2.11. The lowest BCUT2D eigenvalue weighted by Gasteiger charge is -2.05. The first kappa shape index (κ1) is 13.0. The van der Waals surface area contributed by atoms with E-state index in [1.807, 2.05) is 24.3 Å². The van der Waals surface area contributed by atoms with Crippen LogP contribution < -0.4 is 4.72 Å². The molecule has 1 rings (SSSR count). The van der Waals surface area contributed by atoms with E-state index in [4.69, 9.17) is 11.6 Å². The number of halogens is 2. The Bertz CT molecular complexity index is 422. The summed E-state index contributed by atoms with van der Waals surface area (Å²) in [7, 11) is -3.24. The average molecular weight is 313 g/mol. The molecular formula is C9H11BrClNO2S. The number of hydrogen-bond donors (Lipinski definition) is 1. The van der Waals surface area contributed by atoms with Crippen LogP contribution in [-0.2, 0) is 16.6 Å². The highest BCUT2D eigenvalue weighted by molar-refractivity contribution is 9.10. The monoisotopic (exact) mass is 311 g/mol. The molecule has 0 radical (unpaired) electrons. The molecule has 0 fully saturated rings. The number of alkyl halides is 1. The van der Waals surface area contributed by atoms with Crippen molar-refractivity contribution in [2.24, 2.45) is 0 Å². The van der Waals surface area contributed by atoms with Gasteiger partial charge in [0.2, 0.25) is 10.0 Å². The molecule has 0 bridgehead atoms. The highest BCUT2D eigenvalue weighted by Gasteiger charge is 2.08. The minimum absolute atomic E-state index is 0.0530. The molecule has 1 N–H and O–H groups in total. The van der Waals surface area contributed by atoms with Crippen molar-refractivity contribution in [3.63, 3.8) is 0 Å². The fourth-order valence-electron chi connectivity index (χ4n) is 1.01. The van der Waals surface area contributed by atoms with Crippen molar-refractivity contribution in [2.75, 3.05) is 11.6 Å². The normalized spacial score (nSPS) is 11.6. The number of benzene rings is 1. The number of hydrogen-bond acceptors (Lipinski definition) is 2. The first-order valence-electron chi connectivity index (χ1n) is 4.31. The largest absolute Gasteiger partial charge is 0.213 e. The summed E-state index contributed by atoms with van der Waals surface area (Å²) in [5.41, 5.74) is 0.905. The molecule has 6 heteroatoms. The van der Waals surface area contributed by atoms with Gasteiger partial charge in [-0.3, -0.25) is 0 Å². The molecule has 0 aliphatic carbocycles. The van der Waals surface area contributed by atoms with E-state index in [1.54, 1.807) is 0 Å². The van der Waals surface area contributed by atoms with E-state index < -0.39 is 10.0 Å². The van der Waals surface area contributed by atoms with Crippen LogP contribution >= 0.6 is 27.5 Å². The van der Waals surface area contributed by atoms with Gasteiger partial charge in [-0.1, -0.05) is 28.1 Å². The minimum atomic E-state index is -3.24. The van der Waals surface area contributed by atoms with Crippen LogP contribution in [0.4, 0.5) is 0 Å². The minimum Gasteiger partial charge on any atom is -0.212 e. The molecule has 0 aromatic heterocycles. The Morgan fingerprint density at radius 2 is 2.13 bits per heavy atom. The smallest absolute Gasteiger partial charge is 0.212 e. The van der Waals surface area contributed by atoms with Gasteiger partial charge in [0.15, 0.2) is 0 Å². The van der Waals surface area contributed by atoms with Gasteiger partial charge >= 0.3 is 0 Å². The third-order valence-corrected chi connectivity index (χ3v) is 3.96. The topological polar surface area (TPSA) is 46.2 Å². The van der Waals surface area contributed by atoms with Gasteiger partial charge in [0.25, 0.3) is 0 Å². The zero-order valence-electron chi connectivity index (χ0n) is 7.91. The van der Waals surface area contributed by atoms with Crippen molar-refractivity contribution in [1.82, 2.24) is 4.72 Å². The lowest BCUT2D eigenvalue weighted by atomic mass is 10.2. The molecule has 3 nitrogen and oxygen atoms in total. The lowest BCUT2D eigenvalue weighted by Crippen LogP contribution is -2.26. The zero-order chi connectivity index (χ0) is 11.3. The second-order valence-electron chi connectivity index (χ2n) is 2.96. The van der Waals surface area contributed by atoms with Crippen LogP contribution in [0.2, 0.25) is 0 Å². The van der Waals surface area contributed by atoms with Crippen LogP contribution in [0, 0.1) is 0 Å². The fraction of sp³-hybridized carbons (Fsp3) is 0.333. The Morgan fingerprint density at radius 3 is 2.73 bits per heavy atom. The van der Waals surface area contributed by atoms with Crippen LogP contribution in [0.3, 0.4) is 0 Å². The summed E-state index contributed by atoms with van der Waals surface area (Å²) in [5.74, 6) is 0.0520. The van der Waals surface area contributed by atoms with E-state index in [2.05, 4.69) is 20.7 Å². The summed E-state index contributed by atoms with van der Waals surface area (Å²) < 4.78 is 26.0. The van der Waals surface area contributed by atoms with E-state index in [0.29, 0.717) is 6.54 Å². The van der Waals surface area contributed by atoms with Crippen LogP contribution in [0.25, 0.3) is 0 Å². The van der Waals surface area contributed by atoms with E-state index in [1.165, 1.54) is 0 Å². The predicted molar refractivity (Wildman–Crippen MR) is 65.5 cm³/mol. The highest BCUT2D eigenvalue weighted by atomic mass is 79.9. The summed E-state index contributed by atoms with van der Waals surface area (Å²) >= 11 is 8.68. The molecule has 1 aromatic rings. The van der Waals surface area contributed by atoms with Crippen LogP contribution in [0.5, 0.6) is 0 Å². The Balaban J connectivity index is 2.58. The number of rotatable bonds is 5. The summed E-state index contributed by atoms with van der Waals surface area (Å²) in [6.45, 7) is 0.290. The Morgan fingerprint density at radius 1 is 1.40 bits per heavy atom. The summed E-state index contributed by atoms with van der Waals surface area (Å²) in [6.07, 6.45) is 0. The molecule has 0 atom stereocenters. The second-order valence-corrected chi connectivity index (χ2v) is 6.18. The first-order chi connectivity index (χ1) is 7.03. The van der Waals surface area contributed by atoms with E-state index in [9.17, 15) is 8.42 Å². The van der Waals surface area contributed by atoms with Crippen LogP contribution in [0.1, 0.15) is 5.56 Å². The Kier molecular flexibility index (Phi) is 5.05. The quantitative estimate of drug-likeness (QED) is 0.847. The van der Waals surface area contributed by atoms with E-state index >= 15 is 0 Å². The molecule has 15 heavy (non-hydrogen) atoms. The molecule has 0 spiro atoms. The van der Waals surface area contributed by atoms with Crippen molar-refractivity contribution in [2.45, 2.75) is 6.54 Å². The molecule has 0 aliphatic heterocycles. The maximum Gasteiger partial charge on any atom is 0.213 e. The van der Waals surface area contributed by atoms with Crippen LogP contribution in [0.15, 0.2) is 28.7 Å². The summed E-state index contributed by atoms with van der Waals surface area (Å²) in [4.78, 5) is 0. The molecule has 84 valence electrons. The molecule has 0 saturated heterocycles. The van der Waals surface area contributed by atoms with Gasteiger partial charge in [0.1, 0.15) is 0 Å². The van der Waals surface area contributed by atoms with Gasteiger partial charge < -0.3 is 0 Å². The average Bonchev–Trinajstić information content (AvgIpc) is 2.15. The van der Waals surface area contributed by atoms with Gasteiger partial charge in [0, 0.05) is 16.9 Å². The van der Waals surface area contributed by atoms with Crippen molar-refractivity contribution in [3.05, 3.63) is 34.3 Å². The third-order valence-electron chi connectivity index (χ3n) is 1.73. The van der Waals surface area contributed by atoms with Crippen molar-refractivity contribution in [3.8, 4) is 0 Å². The summed E-state index contributed by atoms with van der Waals surface area (Å²) in [6, 6.07) is 7.46. The molecule has 0 heterocycles. The van der Waals surface area contributed by atoms with Gasteiger partial charge in [-0.05, 0) is 17.7 Å². The van der Waals surface area contributed by atoms with Gasteiger partial charge in [-0.25, -0.2) is 13.1 Å². The van der Waals surface area contributed by atoms with E-state index in [0.717, 1.165) is 10.0 Å². The van der Waals surface area contributed by atoms with Crippen molar-refractivity contribution >= 4 is 37.6 Å². The summed E-state index contributed by atoms with van der Waals surface area (Å²) in [5, 5.41) is 0. The fourth-order valence-corrected chi connectivity index (χ4v) is 2.80. The van der Waals surface area contributed by atoms with Gasteiger partial charge in [-0.2, -0.15) is 0 Å². The first-order valence-corrected chi connectivity index (χ1v) is 7.29. The van der Waals surface area contributed by atoms with Gasteiger partial charge in [-0.15, -0.1) is 11.6 Å². The maximum absolute atomic E-state index is 11.3. The van der Waals surface area contributed by atoms with Crippen molar-refractivity contribution < 1.29 is 8.42 Å². The second kappa shape index (κ2) is 5.84. The third kappa shape index (κ3) is 4.97. The molecule has 0 amide bonds. The Labute approximate surface area is 103 Å². The molecule has 1 aromatic carbocycles. The number of sulfonamides is 1. The van der Waals surface area contributed by atoms with E-state index in [-0.39, 0.29) is 11.6 Å². The van der Waals surface area contributed by atoms with Gasteiger partial charge in [0.05, 0.1) is 5.75 Å². The molecular weight excluding hydrogens is 302 g/mol. The lowest BCUT2D eigenvalue weighted by molar-refractivity contribution is 0.583. The molecule has 0 aliphatic rings. The standard InChI is InChI=1S/C9H11BrClNO2S/c10-9-3-1-2-8(6-9)7-12-15(13,14)5-4-11/h1-3,6,12H,4-5,7H2. The number of nitrogens with one attached hydrogen (secondary N) is 1. The molecule has 0 saturated carbocycles. The predicted octanol–water partition coefficient (Wildman–Crippen LogP) is 2.11. The Hall–Kier alpha value is -0.100. The SMILES string of the molecule is O=S(=O)(CCCl)NCc1cccc(Br)c1. The molecule has 0 unspecified atom stereocenters. The van der Waals surface area contributed by atoms with Crippen molar-refractivity contribution in [1.29, 1.82) is 0 Å².